The van der Waals surface area contributed by atoms with Gasteiger partial charge < -0.3 is 63.0 Å². The minimum atomic E-state index is -1.23. The third-order valence-corrected chi connectivity index (χ3v) is 6.41. The zero-order valence-electron chi connectivity index (χ0n) is 26.6. The number of carboxylic acids is 2. The second-order valence-corrected chi connectivity index (χ2v) is 10.7. The van der Waals surface area contributed by atoms with Gasteiger partial charge in [-0.2, -0.15) is 0 Å². The number of nitrogens with two attached hydrogens (primary N) is 2. The molecule has 0 heterocycles. The van der Waals surface area contributed by atoms with Crippen molar-refractivity contribution in [1.29, 1.82) is 0 Å². The molecule has 0 fully saturated rings. The van der Waals surface area contributed by atoms with Gasteiger partial charge in [0, 0.05) is 31.1 Å². The first-order valence-corrected chi connectivity index (χ1v) is 14.6. The van der Waals surface area contributed by atoms with E-state index in [0.29, 0.717) is 11.1 Å². The molecule has 16 heteroatoms. The van der Waals surface area contributed by atoms with E-state index in [-0.39, 0.29) is 53.1 Å². The molecule has 0 spiro atoms. The zero-order chi connectivity index (χ0) is 37.5. The normalized spacial score (nSPS) is 11.4. The van der Waals surface area contributed by atoms with Gasteiger partial charge in [0.25, 0.3) is 11.8 Å². The molecule has 0 saturated heterocycles. The molecule has 0 aromatic heterocycles. The monoisotopic (exact) mass is 694 g/mol. The van der Waals surface area contributed by atoms with Crippen LogP contribution in [0.4, 0.5) is 0 Å². The van der Waals surface area contributed by atoms with E-state index in [9.17, 15) is 60.0 Å². The first-order chi connectivity index (χ1) is 23.5. The van der Waals surface area contributed by atoms with Gasteiger partial charge in [-0.05, 0) is 66.6 Å². The molecule has 0 saturated carbocycles. The van der Waals surface area contributed by atoms with Crippen molar-refractivity contribution in [2.45, 2.75) is 38.0 Å². The Hall–Kier alpha value is -6.52. The number of carbonyl (C=O) groups excluding carboxylic acids is 2. The highest BCUT2D eigenvalue weighted by atomic mass is 16.4. The highest BCUT2D eigenvalue weighted by Gasteiger charge is 2.24. The van der Waals surface area contributed by atoms with Crippen LogP contribution in [-0.4, -0.2) is 82.9 Å². The van der Waals surface area contributed by atoms with E-state index in [4.69, 9.17) is 11.5 Å². The van der Waals surface area contributed by atoms with Crippen LogP contribution in [0.3, 0.4) is 0 Å². The number of nitrogens with one attached hydrogen (secondary N) is 2. The first-order valence-electron chi connectivity index (χ1n) is 14.6. The molecule has 4 rings (SSSR count). The molecule has 2 amide bonds. The van der Waals surface area contributed by atoms with Crippen molar-refractivity contribution >= 4 is 23.8 Å². The van der Waals surface area contributed by atoms with Gasteiger partial charge in [-0.1, -0.05) is 24.3 Å². The molecule has 0 aliphatic rings. The highest BCUT2D eigenvalue weighted by Crippen LogP contribution is 2.24. The fraction of sp³-hybridized carbons (Fsp3) is 0.176. The van der Waals surface area contributed by atoms with Crippen molar-refractivity contribution in [3.8, 4) is 34.5 Å². The number of hydrogen-bond donors (Lipinski definition) is 12. The van der Waals surface area contributed by atoms with E-state index in [1.165, 1.54) is 48.5 Å². The van der Waals surface area contributed by atoms with E-state index >= 15 is 0 Å². The number of phenolic OH excluding ortho intramolecular Hbond substituents is 6. The van der Waals surface area contributed by atoms with Gasteiger partial charge in [0.2, 0.25) is 0 Å². The van der Waals surface area contributed by atoms with Gasteiger partial charge >= 0.3 is 11.9 Å². The van der Waals surface area contributed by atoms with Crippen molar-refractivity contribution in [1.82, 2.24) is 10.6 Å². The topological polar surface area (TPSA) is 306 Å². The van der Waals surface area contributed by atoms with Crippen LogP contribution < -0.4 is 22.1 Å². The summed E-state index contributed by atoms with van der Waals surface area (Å²) < 4.78 is 0. The third kappa shape index (κ3) is 13.3. The lowest BCUT2D eigenvalue weighted by Crippen LogP contribution is -2.42. The molecule has 16 nitrogen and oxygen atoms in total. The number of aromatic hydroxyl groups is 6. The zero-order valence-corrected chi connectivity index (χ0v) is 26.6. The summed E-state index contributed by atoms with van der Waals surface area (Å²) in [6, 6.07) is 16.3. The third-order valence-electron chi connectivity index (χ3n) is 6.41. The molecule has 14 N–H and O–H groups in total. The average Bonchev–Trinajstić information content (AvgIpc) is 3.02. The second-order valence-electron chi connectivity index (χ2n) is 10.7. The number of amides is 2. The van der Waals surface area contributed by atoms with Gasteiger partial charge in [-0.15, -0.1) is 0 Å². The van der Waals surface area contributed by atoms with Crippen LogP contribution in [0.5, 0.6) is 34.5 Å². The predicted octanol–water partition coefficient (Wildman–Crippen LogP) is 1.71. The second kappa shape index (κ2) is 18.7. The van der Waals surface area contributed by atoms with Crippen LogP contribution in [0.15, 0.2) is 84.9 Å². The standard InChI is InChI=1S/2C16H15NO6.C2H8N2/c2*18-10-3-1-9(2-4-10)7-13(16(22)23)17-15(21)12-6-5-11(19)8-14(12)20;1-2(3)4/h2*1-6,8,13,18-20H,7H2,(H,17,21)(H,22,23);2H,3-4H2,1H3/t2*13-;/m00./s1. The molecule has 0 aliphatic heterocycles. The largest absolute Gasteiger partial charge is 0.508 e. The van der Waals surface area contributed by atoms with E-state index in [0.717, 1.165) is 12.1 Å². The summed E-state index contributed by atoms with van der Waals surface area (Å²) >= 11 is 0. The van der Waals surface area contributed by atoms with Crippen LogP contribution in [0.2, 0.25) is 0 Å². The maximum absolute atomic E-state index is 12.1. The molecule has 2 atom stereocenters. The summed E-state index contributed by atoms with van der Waals surface area (Å²) in [4.78, 5) is 46.8. The minimum Gasteiger partial charge on any atom is -0.508 e. The lowest BCUT2D eigenvalue weighted by molar-refractivity contribution is -0.140. The molecule has 4 aromatic rings. The lowest BCUT2D eigenvalue weighted by atomic mass is 10.0. The Morgan fingerprint density at radius 3 is 1.08 bits per heavy atom. The van der Waals surface area contributed by atoms with Crippen LogP contribution in [0, 0.1) is 0 Å². The molecular weight excluding hydrogens is 656 g/mol. The predicted molar refractivity (Wildman–Crippen MR) is 179 cm³/mol. The smallest absolute Gasteiger partial charge is 0.326 e. The van der Waals surface area contributed by atoms with Gasteiger partial charge in [-0.3, -0.25) is 9.59 Å². The number of aliphatic carboxylic acids is 2. The van der Waals surface area contributed by atoms with Crippen molar-refractivity contribution in [2.75, 3.05) is 0 Å². The molecule has 0 radical (unpaired) electrons. The number of phenols is 6. The fourth-order valence-electron chi connectivity index (χ4n) is 4.03. The van der Waals surface area contributed by atoms with Crippen molar-refractivity contribution in [2.24, 2.45) is 11.5 Å². The maximum Gasteiger partial charge on any atom is 0.326 e. The number of carbonyl (C=O) groups is 4. The Labute approximate surface area is 285 Å². The molecule has 4 aromatic carbocycles. The summed E-state index contributed by atoms with van der Waals surface area (Å²) in [7, 11) is 0. The van der Waals surface area contributed by atoms with Crippen LogP contribution in [-0.2, 0) is 22.4 Å². The Morgan fingerprint density at radius 1 is 0.540 bits per heavy atom. The Balaban J connectivity index is 0.000000313. The molecule has 0 aliphatic carbocycles. The Morgan fingerprint density at radius 2 is 0.820 bits per heavy atom. The van der Waals surface area contributed by atoms with E-state index in [2.05, 4.69) is 10.6 Å². The van der Waals surface area contributed by atoms with Crippen molar-refractivity contribution in [3.63, 3.8) is 0 Å². The van der Waals surface area contributed by atoms with Crippen LogP contribution in [0.1, 0.15) is 38.8 Å². The Kier molecular flexibility index (Phi) is 14.9. The molecular formula is C34H38N4O12. The highest BCUT2D eigenvalue weighted by molar-refractivity contribution is 5.99. The van der Waals surface area contributed by atoms with Crippen molar-refractivity contribution < 1.29 is 60.0 Å². The summed E-state index contributed by atoms with van der Waals surface area (Å²) in [5, 5.41) is 79.2. The SMILES string of the molecule is CC(N)N.O=C(N[C@@H](Cc1ccc(O)cc1)C(=O)O)c1ccc(O)cc1O.O=C(N[C@@H](Cc1ccc(O)cc1)C(=O)O)c1ccc(O)cc1O. The number of rotatable bonds is 10. The van der Waals surface area contributed by atoms with Crippen molar-refractivity contribution in [3.05, 3.63) is 107 Å². The Bertz CT molecular complexity index is 1630. The van der Waals surface area contributed by atoms with Gasteiger partial charge in [0.1, 0.15) is 46.6 Å². The summed E-state index contributed by atoms with van der Waals surface area (Å²) in [6.07, 6.45) is -0.138. The van der Waals surface area contributed by atoms with Gasteiger partial charge in [-0.25, -0.2) is 9.59 Å². The number of carboxylic acid groups (broad SMARTS) is 2. The number of hydrogen-bond acceptors (Lipinski definition) is 12. The first kappa shape index (κ1) is 39.7. The minimum absolute atomic E-state index is 0.0141. The summed E-state index contributed by atoms with van der Waals surface area (Å²) in [6.45, 7) is 1.72. The molecule has 266 valence electrons. The molecule has 50 heavy (non-hydrogen) atoms. The summed E-state index contributed by atoms with van der Waals surface area (Å²) in [5.74, 6) is -5.21. The molecule has 0 bridgehead atoms. The van der Waals surface area contributed by atoms with Crippen LogP contribution in [0.25, 0.3) is 0 Å². The lowest BCUT2D eigenvalue weighted by Gasteiger charge is -2.15. The van der Waals surface area contributed by atoms with Gasteiger partial charge in [0.05, 0.1) is 11.1 Å². The van der Waals surface area contributed by atoms with Gasteiger partial charge in [0.15, 0.2) is 0 Å². The number of benzene rings is 4. The quantitative estimate of drug-likeness (QED) is 0.105. The van der Waals surface area contributed by atoms with E-state index in [1.54, 1.807) is 31.2 Å². The van der Waals surface area contributed by atoms with E-state index < -0.39 is 47.3 Å². The molecule has 0 unspecified atom stereocenters. The average molecular weight is 695 g/mol. The maximum atomic E-state index is 12.1. The fourth-order valence-corrected chi connectivity index (χ4v) is 4.03. The van der Waals surface area contributed by atoms with E-state index in [1.807, 2.05) is 0 Å². The summed E-state index contributed by atoms with van der Waals surface area (Å²) in [5.41, 5.74) is 10.7. The van der Waals surface area contributed by atoms with Crippen LogP contribution >= 0.6 is 0 Å².